The number of halogens is 2. The van der Waals surface area contributed by atoms with Gasteiger partial charge in [-0.05, 0) is 60.8 Å². The van der Waals surface area contributed by atoms with Gasteiger partial charge in [-0.3, -0.25) is 4.68 Å². The lowest BCUT2D eigenvalue weighted by molar-refractivity contribution is 0.603. The van der Waals surface area contributed by atoms with Crippen LogP contribution in [0.2, 0.25) is 10.0 Å². The predicted molar refractivity (Wildman–Crippen MR) is 138 cm³/mol. The lowest BCUT2D eigenvalue weighted by atomic mass is 10.0. The number of benzene rings is 2. The first-order chi connectivity index (χ1) is 16.6. The molecule has 1 aliphatic rings. The molecule has 0 bridgehead atoms. The number of aryl methyl sites for hydroxylation is 1. The SMILES string of the molecule is CCCn1cc(-c2cnc(Nc3cc(Cl)cc(Cl)c3)nc2Nc2ccc3c(c2)CNCC3)cn1. The highest BCUT2D eigenvalue weighted by atomic mass is 35.5. The van der Waals surface area contributed by atoms with Crippen molar-refractivity contribution in [3.63, 3.8) is 0 Å². The van der Waals surface area contributed by atoms with E-state index in [4.69, 9.17) is 28.2 Å². The Hall–Kier alpha value is -3.13. The van der Waals surface area contributed by atoms with E-state index in [0.29, 0.717) is 27.5 Å². The van der Waals surface area contributed by atoms with Crippen molar-refractivity contribution in [3.8, 4) is 11.1 Å². The fraction of sp³-hybridized carbons (Fsp3) is 0.240. The van der Waals surface area contributed by atoms with E-state index in [1.807, 2.05) is 17.1 Å². The van der Waals surface area contributed by atoms with Crippen LogP contribution in [0.5, 0.6) is 0 Å². The molecule has 2 aromatic carbocycles. The van der Waals surface area contributed by atoms with E-state index >= 15 is 0 Å². The van der Waals surface area contributed by atoms with Gasteiger partial charge in [0, 0.05) is 58.0 Å². The van der Waals surface area contributed by atoms with Crippen LogP contribution in [0.25, 0.3) is 11.1 Å². The Kier molecular flexibility index (Phi) is 6.67. The Morgan fingerprint density at radius 3 is 2.68 bits per heavy atom. The normalized spacial score (nSPS) is 12.9. The molecule has 3 heterocycles. The van der Waals surface area contributed by atoms with Crippen LogP contribution in [-0.2, 0) is 19.5 Å². The van der Waals surface area contributed by atoms with E-state index in [1.54, 1.807) is 24.4 Å². The van der Waals surface area contributed by atoms with Crippen LogP contribution in [0.4, 0.5) is 23.1 Å². The maximum atomic E-state index is 6.15. The number of anilines is 4. The Labute approximate surface area is 208 Å². The third-order valence-corrected chi connectivity index (χ3v) is 6.10. The van der Waals surface area contributed by atoms with Gasteiger partial charge < -0.3 is 16.0 Å². The van der Waals surface area contributed by atoms with Gasteiger partial charge in [-0.15, -0.1) is 0 Å². The summed E-state index contributed by atoms with van der Waals surface area (Å²) < 4.78 is 1.93. The molecule has 7 nitrogen and oxygen atoms in total. The van der Waals surface area contributed by atoms with Gasteiger partial charge in [0.05, 0.1) is 6.20 Å². The molecule has 0 amide bonds. The molecule has 1 aliphatic heterocycles. The first kappa shape index (κ1) is 22.7. The van der Waals surface area contributed by atoms with Crippen molar-refractivity contribution in [2.75, 3.05) is 17.2 Å². The summed E-state index contributed by atoms with van der Waals surface area (Å²) >= 11 is 12.3. The van der Waals surface area contributed by atoms with E-state index in [2.05, 4.69) is 51.2 Å². The molecule has 0 saturated carbocycles. The molecule has 0 radical (unpaired) electrons. The Balaban J connectivity index is 1.50. The quantitative estimate of drug-likeness (QED) is 0.284. The lowest BCUT2D eigenvalue weighted by Gasteiger charge is -2.19. The molecule has 0 fully saturated rings. The van der Waals surface area contributed by atoms with E-state index in [0.717, 1.165) is 49.3 Å². The van der Waals surface area contributed by atoms with Gasteiger partial charge in [0.2, 0.25) is 5.95 Å². The zero-order valence-corrected chi connectivity index (χ0v) is 20.3. The van der Waals surface area contributed by atoms with Crippen LogP contribution < -0.4 is 16.0 Å². The first-order valence-electron chi connectivity index (χ1n) is 11.3. The summed E-state index contributed by atoms with van der Waals surface area (Å²) in [6, 6.07) is 11.7. The average molecular weight is 494 g/mol. The number of aromatic nitrogens is 4. The molecule has 174 valence electrons. The largest absolute Gasteiger partial charge is 0.340 e. The molecule has 34 heavy (non-hydrogen) atoms. The molecule has 0 unspecified atom stereocenters. The second kappa shape index (κ2) is 10.0. The predicted octanol–water partition coefficient (Wildman–Crippen LogP) is 6.19. The van der Waals surface area contributed by atoms with Gasteiger partial charge in [0.25, 0.3) is 0 Å². The van der Waals surface area contributed by atoms with E-state index in [1.165, 1.54) is 11.1 Å². The highest BCUT2D eigenvalue weighted by Gasteiger charge is 2.14. The minimum absolute atomic E-state index is 0.435. The summed E-state index contributed by atoms with van der Waals surface area (Å²) in [7, 11) is 0. The number of fused-ring (bicyclic) bond motifs is 1. The number of rotatable bonds is 7. The summed E-state index contributed by atoms with van der Waals surface area (Å²) in [5.74, 6) is 1.12. The van der Waals surface area contributed by atoms with Crippen LogP contribution in [0.1, 0.15) is 24.5 Å². The number of hydrogen-bond acceptors (Lipinski definition) is 6. The number of hydrogen-bond donors (Lipinski definition) is 3. The molecular weight excluding hydrogens is 469 g/mol. The summed E-state index contributed by atoms with van der Waals surface area (Å²) in [5, 5.41) is 15.7. The third-order valence-electron chi connectivity index (χ3n) is 5.66. The van der Waals surface area contributed by atoms with Gasteiger partial charge in [0.15, 0.2) is 0 Å². The van der Waals surface area contributed by atoms with Crippen LogP contribution in [-0.4, -0.2) is 26.3 Å². The van der Waals surface area contributed by atoms with Crippen molar-refractivity contribution >= 4 is 46.3 Å². The summed E-state index contributed by atoms with van der Waals surface area (Å²) in [6.45, 7) is 4.87. The van der Waals surface area contributed by atoms with Crippen LogP contribution >= 0.6 is 23.2 Å². The fourth-order valence-electron chi connectivity index (χ4n) is 4.05. The van der Waals surface area contributed by atoms with Crippen molar-refractivity contribution in [1.29, 1.82) is 0 Å². The third kappa shape index (κ3) is 5.17. The van der Waals surface area contributed by atoms with Gasteiger partial charge in [-0.1, -0.05) is 36.2 Å². The average Bonchev–Trinajstić information content (AvgIpc) is 3.27. The molecule has 3 N–H and O–H groups in total. The minimum atomic E-state index is 0.435. The van der Waals surface area contributed by atoms with Gasteiger partial charge >= 0.3 is 0 Å². The monoisotopic (exact) mass is 493 g/mol. The Bertz CT molecular complexity index is 1300. The molecule has 0 saturated heterocycles. The topological polar surface area (TPSA) is 79.7 Å². The molecule has 0 spiro atoms. The van der Waals surface area contributed by atoms with Crippen molar-refractivity contribution in [3.05, 3.63) is 76.2 Å². The first-order valence-corrected chi connectivity index (χ1v) is 12.1. The zero-order valence-electron chi connectivity index (χ0n) is 18.8. The standard InChI is InChI=1S/C25H25Cl2N7/c1-2-7-34-15-18(13-30-34)23-14-29-25(32-22-10-19(26)9-20(27)11-22)33-24(23)31-21-4-3-16-5-6-28-12-17(16)8-21/h3-4,8-11,13-15,28H,2,5-7,12H2,1H3,(H2,29,31,32,33). The van der Waals surface area contributed by atoms with Crippen LogP contribution in [0.15, 0.2) is 55.0 Å². The molecule has 0 aliphatic carbocycles. The highest BCUT2D eigenvalue weighted by molar-refractivity contribution is 6.35. The van der Waals surface area contributed by atoms with Crippen molar-refractivity contribution in [1.82, 2.24) is 25.1 Å². The van der Waals surface area contributed by atoms with E-state index < -0.39 is 0 Å². The van der Waals surface area contributed by atoms with E-state index in [-0.39, 0.29) is 0 Å². The van der Waals surface area contributed by atoms with Crippen molar-refractivity contribution < 1.29 is 0 Å². The number of nitrogens with one attached hydrogen (secondary N) is 3. The maximum Gasteiger partial charge on any atom is 0.229 e. The van der Waals surface area contributed by atoms with E-state index in [9.17, 15) is 0 Å². The molecule has 0 atom stereocenters. The van der Waals surface area contributed by atoms with Gasteiger partial charge in [-0.25, -0.2) is 4.98 Å². The molecule has 9 heteroatoms. The Morgan fingerprint density at radius 2 is 1.85 bits per heavy atom. The second-order valence-electron chi connectivity index (χ2n) is 8.27. The summed E-state index contributed by atoms with van der Waals surface area (Å²) in [5.41, 5.74) is 6.19. The van der Waals surface area contributed by atoms with Gasteiger partial charge in [-0.2, -0.15) is 10.1 Å². The smallest absolute Gasteiger partial charge is 0.229 e. The highest BCUT2D eigenvalue weighted by Crippen LogP contribution is 2.31. The number of nitrogens with zero attached hydrogens (tertiary/aromatic N) is 4. The second-order valence-corrected chi connectivity index (χ2v) is 9.14. The van der Waals surface area contributed by atoms with Crippen molar-refractivity contribution in [2.24, 2.45) is 0 Å². The molecular formula is C25H25Cl2N7. The Morgan fingerprint density at radius 1 is 1.00 bits per heavy atom. The molecule has 2 aromatic heterocycles. The van der Waals surface area contributed by atoms with Crippen LogP contribution in [0.3, 0.4) is 0 Å². The van der Waals surface area contributed by atoms with Crippen LogP contribution in [0, 0.1) is 0 Å². The lowest BCUT2D eigenvalue weighted by Crippen LogP contribution is -2.23. The van der Waals surface area contributed by atoms with Crippen molar-refractivity contribution in [2.45, 2.75) is 32.9 Å². The fourth-order valence-corrected chi connectivity index (χ4v) is 4.58. The summed E-state index contributed by atoms with van der Waals surface area (Å²) in [6.07, 6.45) is 7.73. The zero-order chi connectivity index (χ0) is 23.5. The summed E-state index contributed by atoms with van der Waals surface area (Å²) in [4.78, 5) is 9.34. The molecule has 5 rings (SSSR count). The minimum Gasteiger partial charge on any atom is -0.340 e. The van der Waals surface area contributed by atoms with Gasteiger partial charge in [0.1, 0.15) is 5.82 Å². The molecule has 4 aromatic rings. The maximum absolute atomic E-state index is 6.15.